The van der Waals surface area contributed by atoms with Crippen molar-refractivity contribution in [2.24, 2.45) is 5.92 Å². The van der Waals surface area contributed by atoms with Gasteiger partial charge in [-0.3, -0.25) is 9.80 Å². The zero-order valence-corrected chi connectivity index (χ0v) is 14.4. The molecule has 23 heavy (non-hydrogen) atoms. The minimum atomic E-state index is -0.278. The van der Waals surface area contributed by atoms with E-state index in [0.29, 0.717) is 12.5 Å². The fourth-order valence-corrected chi connectivity index (χ4v) is 5.81. The Morgan fingerprint density at radius 3 is 2.74 bits per heavy atom. The van der Waals surface area contributed by atoms with Gasteiger partial charge >= 0.3 is 6.09 Å². The van der Waals surface area contributed by atoms with Crippen LogP contribution >= 0.6 is 22.7 Å². The Labute approximate surface area is 143 Å². The first-order chi connectivity index (χ1) is 11.2. The lowest BCUT2D eigenvalue weighted by Crippen LogP contribution is -2.61. The van der Waals surface area contributed by atoms with Gasteiger partial charge in [0.15, 0.2) is 0 Å². The van der Waals surface area contributed by atoms with Crippen molar-refractivity contribution in [2.45, 2.75) is 18.4 Å². The number of ether oxygens (including phenoxy) is 1. The van der Waals surface area contributed by atoms with Gasteiger partial charge in [-0.2, -0.15) is 11.3 Å². The Morgan fingerprint density at radius 2 is 2.04 bits per heavy atom. The van der Waals surface area contributed by atoms with Crippen LogP contribution < -0.4 is 4.90 Å². The summed E-state index contributed by atoms with van der Waals surface area (Å²) in [6.45, 7) is 3.93. The Bertz CT molecular complexity index is 734. The number of fused-ring (bicyclic) bond motifs is 2. The zero-order chi connectivity index (χ0) is 15.4. The first kappa shape index (κ1) is 14.0. The van der Waals surface area contributed by atoms with Gasteiger partial charge in [0.1, 0.15) is 10.6 Å². The van der Waals surface area contributed by atoms with E-state index < -0.39 is 0 Å². The molecule has 4 aliphatic heterocycles. The highest BCUT2D eigenvalue weighted by Crippen LogP contribution is 2.44. The molecule has 0 unspecified atom stereocenters. The summed E-state index contributed by atoms with van der Waals surface area (Å²) in [5.74, 6) is 0.526. The van der Waals surface area contributed by atoms with Gasteiger partial charge in [0, 0.05) is 17.8 Å². The Balaban J connectivity index is 1.43. The van der Waals surface area contributed by atoms with Crippen LogP contribution in [0, 0.1) is 5.92 Å². The molecule has 2 aromatic heterocycles. The Morgan fingerprint density at radius 1 is 1.17 bits per heavy atom. The molecule has 2 bridgehead atoms. The molecule has 4 aliphatic rings. The lowest BCUT2D eigenvalue weighted by molar-refractivity contribution is -0.0881. The second kappa shape index (κ2) is 5.06. The highest BCUT2D eigenvalue weighted by Gasteiger charge is 2.55. The summed E-state index contributed by atoms with van der Waals surface area (Å²) < 4.78 is 5.94. The van der Waals surface area contributed by atoms with Crippen molar-refractivity contribution in [3.05, 3.63) is 28.3 Å². The SMILES string of the molecule is O=C1O[C@@]2(CN3CCC2CC3)CN1c1cc(-c2ccsc2)cs1. The maximum atomic E-state index is 12.5. The Kier molecular flexibility index (Phi) is 3.08. The molecule has 2 aromatic rings. The Hall–Kier alpha value is -1.37. The third-order valence-electron chi connectivity index (χ3n) is 5.47. The number of rotatable bonds is 2. The van der Waals surface area contributed by atoms with Gasteiger partial charge in [0.2, 0.25) is 0 Å². The molecule has 4 nitrogen and oxygen atoms in total. The van der Waals surface area contributed by atoms with Crippen molar-refractivity contribution in [3.8, 4) is 11.1 Å². The number of hydrogen-bond donors (Lipinski definition) is 0. The molecular formula is C17H18N2O2S2. The second-order valence-electron chi connectivity index (χ2n) is 6.75. The molecule has 1 amide bonds. The third kappa shape index (κ3) is 2.16. The van der Waals surface area contributed by atoms with Gasteiger partial charge in [-0.1, -0.05) is 0 Å². The van der Waals surface area contributed by atoms with Crippen molar-refractivity contribution < 1.29 is 9.53 Å². The number of carbonyl (C=O) groups is 1. The summed E-state index contributed by atoms with van der Waals surface area (Å²) in [5, 5.41) is 7.36. The molecule has 1 atom stereocenters. The van der Waals surface area contributed by atoms with Gasteiger partial charge < -0.3 is 4.74 Å². The van der Waals surface area contributed by atoms with Crippen molar-refractivity contribution in [1.29, 1.82) is 0 Å². The zero-order valence-electron chi connectivity index (χ0n) is 12.7. The van der Waals surface area contributed by atoms with Crippen molar-refractivity contribution in [3.63, 3.8) is 0 Å². The summed E-state index contributed by atoms with van der Waals surface area (Å²) in [6.07, 6.45) is 2.15. The smallest absolute Gasteiger partial charge is 0.415 e. The molecule has 6 heterocycles. The van der Waals surface area contributed by atoms with Crippen molar-refractivity contribution in [2.75, 3.05) is 31.1 Å². The average molecular weight is 346 g/mol. The molecule has 1 spiro atoms. The topological polar surface area (TPSA) is 32.8 Å². The fraction of sp³-hybridized carbons (Fsp3) is 0.471. The van der Waals surface area contributed by atoms with Gasteiger partial charge in [-0.25, -0.2) is 4.79 Å². The number of hydrogen-bond acceptors (Lipinski definition) is 5. The number of anilines is 1. The standard InChI is InChI=1S/C17H18N2O2S2/c20-16-19(15-7-13(9-23-15)12-3-6-22-8-12)11-17(21-16)10-18-4-1-14(17)2-5-18/h3,6-9,14H,1-2,4-5,10-11H2/t17-/m0/s1. The van der Waals surface area contributed by atoms with Gasteiger partial charge in [-0.15, -0.1) is 11.3 Å². The van der Waals surface area contributed by atoms with E-state index in [1.807, 2.05) is 4.90 Å². The van der Waals surface area contributed by atoms with Crippen LogP contribution in [0.5, 0.6) is 0 Å². The number of thiophene rings is 2. The van der Waals surface area contributed by atoms with Crippen LogP contribution in [0.3, 0.4) is 0 Å². The minimum absolute atomic E-state index is 0.169. The van der Waals surface area contributed by atoms with Crippen LogP contribution in [0.25, 0.3) is 11.1 Å². The quantitative estimate of drug-likeness (QED) is 0.827. The van der Waals surface area contributed by atoms with Crippen molar-refractivity contribution in [1.82, 2.24) is 4.90 Å². The van der Waals surface area contributed by atoms with Crippen LogP contribution in [0.1, 0.15) is 12.8 Å². The van der Waals surface area contributed by atoms with E-state index >= 15 is 0 Å². The van der Waals surface area contributed by atoms with Crippen LogP contribution in [0.4, 0.5) is 9.80 Å². The number of piperidine rings is 3. The number of amides is 1. The molecular weight excluding hydrogens is 328 g/mol. The predicted molar refractivity (Wildman–Crippen MR) is 93.4 cm³/mol. The highest BCUT2D eigenvalue weighted by atomic mass is 32.1. The van der Waals surface area contributed by atoms with Crippen LogP contribution in [0.2, 0.25) is 0 Å². The molecule has 6 heteroatoms. The monoisotopic (exact) mass is 346 g/mol. The first-order valence-corrected chi connectivity index (χ1v) is 9.90. The first-order valence-electron chi connectivity index (χ1n) is 8.07. The summed E-state index contributed by atoms with van der Waals surface area (Å²) in [6, 6.07) is 4.24. The number of nitrogens with zero attached hydrogens (tertiary/aromatic N) is 2. The molecule has 6 rings (SSSR count). The molecule has 0 radical (unpaired) electrons. The van der Waals surface area contributed by atoms with E-state index in [2.05, 4.69) is 33.2 Å². The lowest BCUT2D eigenvalue weighted by Gasteiger charge is -2.49. The lowest BCUT2D eigenvalue weighted by atomic mass is 9.75. The molecule has 120 valence electrons. The number of carbonyl (C=O) groups excluding carboxylic acids is 1. The third-order valence-corrected chi connectivity index (χ3v) is 7.10. The summed E-state index contributed by atoms with van der Waals surface area (Å²) in [4.78, 5) is 16.8. The maximum absolute atomic E-state index is 12.5. The molecule has 4 fully saturated rings. The van der Waals surface area contributed by atoms with Gasteiger partial charge in [0.25, 0.3) is 0 Å². The highest BCUT2D eigenvalue weighted by molar-refractivity contribution is 7.14. The van der Waals surface area contributed by atoms with E-state index in [1.165, 1.54) is 11.1 Å². The minimum Gasteiger partial charge on any atom is -0.439 e. The normalized spacial score (nSPS) is 32.7. The molecule has 0 N–H and O–H groups in total. The summed E-state index contributed by atoms with van der Waals surface area (Å²) in [5.41, 5.74) is 2.14. The van der Waals surface area contributed by atoms with E-state index in [-0.39, 0.29) is 11.7 Å². The molecule has 4 saturated heterocycles. The summed E-state index contributed by atoms with van der Waals surface area (Å²) in [7, 11) is 0. The molecule has 0 aromatic carbocycles. The van der Waals surface area contributed by atoms with E-state index in [1.54, 1.807) is 22.7 Å². The van der Waals surface area contributed by atoms with Gasteiger partial charge in [0.05, 0.1) is 6.54 Å². The van der Waals surface area contributed by atoms with Gasteiger partial charge in [-0.05, 0) is 60.0 Å². The van der Waals surface area contributed by atoms with E-state index in [4.69, 9.17) is 4.74 Å². The predicted octanol–water partition coefficient (Wildman–Crippen LogP) is 3.90. The molecule has 0 saturated carbocycles. The van der Waals surface area contributed by atoms with Crippen molar-refractivity contribution >= 4 is 33.8 Å². The van der Waals surface area contributed by atoms with Crippen LogP contribution in [0.15, 0.2) is 28.3 Å². The van der Waals surface area contributed by atoms with Crippen LogP contribution in [-0.4, -0.2) is 42.8 Å². The van der Waals surface area contributed by atoms with E-state index in [0.717, 1.165) is 37.5 Å². The molecule has 0 aliphatic carbocycles. The fourth-order valence-electron chi connectivity index (χ4n) is 4.23. The largest absolute Gasteiger partial charge is 0.439 e. The summed E-state index contributed by atoms with van der Waals surface area (Å²) >= 11 is 3.33. The average Bonchev–Trinajstić information content (AvgIpc) is 3.28. The van der Waals surface area contributed by atoms with Crippen LogP contribution in [-0.2, 0) is 4.74 Å². The van der Waals surface area contributed by atoms with E-state index in [9.17, 15) is 4.79 Å². The second-order valence-corrected chi connectivity index (χ2v) is 8.42. The maximum Gasteiger partial charge on any atom is 0.415 e.